The zero-order chi connectivity index (χ0) is 12.3. The molecule has 0 spiro atoms. The van der Waals surface area contributed by atoms with Crippen LogP contribution in [0.4, 0.5) is 10.6 Å². The summed E-state index contributed by atoms with van der Waals surface area (Å²) in [5.41, 5.74) is 0. The number of carbonyl (C=O) groups is 2. The predicted molar refractivity (Wildman–Crippen MR) is 62.0 cm³/mol. The smallest absolute Gasteiger partial charge is 0.312 e. The van der Waals surface area contributed by atoms with Crippen molar-refractivity contribution >= 4 is 29.4 Å². The van der Waals surface area contributed by atoms with Crippen molar-refractivity contribution in [3.05, 3.63) is 12.3 Å². The average Bonchev–Trinajstić information content (AvgIpc) is 2.63. The van der Waals surface area contributed by atoms with E-state index in [9.17, 15) is 9.59 Å². The van der Waals surface area contributed by atoms with Gasteiger partial charge in [0, 0.05) is 19.2 Å². The maximum absolute atomic E-state index is 11.4. The monoisotopic (exact) mass is 257 g/mol. The van der Waals surface area contributed by atoms with Gasteiger partial charge in [-0.1, -0.05) is 0 Å². The minimum Gasteiger partial charge on any atom is -0.312 e. The summed E-state index contributed by atoms with van der Waals surface area (Å²) >= 11 is 5.27. The Balaban J connectivity index is 1.96. The van der Waals surface area contributed by atoms with Crippen LogP contribution in [0.2, 0.25) is 0 Å². The van der Waals surface area contributed by atoms with Crippen molar-refractivity contribution in [2.24, 2.45) is 0 Å². The van der Waals surface area contributed by atoms with Crippen LogP contribution in [0.3, 0.4) is 0 Å². The number of urea groups is 1. The van der Waals surface area contributed by atoms with Gasteiger partial charge < -0.3 is 5.32 Å². The molecule has 1 saturated heterocycles. The summed E-state index contributed by atoms with van der Waals surface area (Å²) in [4.78, 5) is 22.3. The second-order valence-electron chi connectivity index (χ2n) is 3.61. The van der Waals surface area contributed by atoms with Crippen molar-refractivity contribution in [1.29, 1.82) is 0 Å². The molecule has 92 valence electrons. The van der Waals surface area contributed by atoms with Gasteiger partial charge in [-0.3, -0.25) is 15.4 Å². The molecule has 2 heterocycles. The fourth-order valence-electron chi connectivity index (χ4n) is 1.46. The lowest BCUT2D eigenvalue weighted by molar-refractivity contribution is -0.117. The van der Waals surface area contributed by atoms with Gasteiger partial charge in [0.25, 0.3) is 0 Å². The molecule has 17 heavy (non-hydrogen) atoms. The first-order chi connectivity index (χ1) is 8.20. The van der Waals surface area contributed by atoms with Crippen LogP contribution in [0.15, 0.2) is 12.3 Å². The molecule has 1 fully saturated rings. The first-order valence-electron chi connectivity index (χ1n) is 5.11. The Hall–Kier alpha value is -1.60. The summed E-state index contributed by atoms with van der Waals surface area (Å²) in [5, 5.41) is 11.9. The third-order valence-electron chi connectivity index (χ3n) is 2.39. The first-order valence-corrected chi connectivity index (χ1v) is 5.65. The van der Waals surface area contributed by atoms with Crippen LogP contribution < -0.4 is 16.0 Å². The molecule has 8 heteroatoms. The van der Waals surface area contributed by atoms with Gasteiger partial charge in [0.05, 0.1) is 12.2 Å². The molecule has 0 radical (unpaired) electrons. The average molecular weight is 258 g/mol. The Morgan fingerprint density at radius 2 is 2.35 bits per heavy atom. The number of amides is 3. The largest absolute Gasteiger partial charge is 0.327 e. The van der Waals surface area contributed by atoms with E-state index in [1.165, 1.54) is 0 Å². The van der Waals surface area contributed by atoms with Gasteiger partial charge >= 0.3 is 6.03 Å². The van der Waals surface area contributed by atoms with Crippen molar-refractivity contribution < 1.29 is 9.59 Å². The molecule has 3 N–H and O–H groups in total. The van der Waals surface area contributed by atoms with Gasteiger partial charge in [0.1, 0.15) is 11.7 Å². The van der Waals surface area contributed by atoms with Crippen LogP contribution in [0, 0.1) is 0 Å². The van der Waals surface area contributed by atoms with E-state index in [0.29, 0.717) is 5.82 Å². The minimum atomic E-state index is -0.607. The molecule has 2 rings (SSSR count). The van der Waals surface area contributed by atoms with Crippen LogP contribution in [-0.4, -0.2) is 40.7 Å². The number of alkyl halides is 1. The van der Waals surface area contributed by atoms with E-state index in [1.54, 1.807) is 16.9 Å². The number of nitrogens with zero attached hydrogens (tertiary/aromatic N) is 2. The molecule has 0 bridgehead atoms. The van der Waals surface area contributed by atoms with Crippen LogP contribution >= 0.6 is 11.6 Å². The number of aromatic nitrogens is 2. The number of hydrogen-bond acceptors (Lipinski definition) is 4. The van der Waals surface area contributed by atoms with E-state index in [-0.39, 0.29) is 11.9 Å². The summed E-state index contributed by atoms with van der Waals surface area (Å²) in [7, 11) is 0. The molecule has 0 saturated carbocycles. The SMILES string of the molecule is O=C(CCl)NC(=O)Nc1ccnn1C1CNC1. The Labute approximate surface area is 102 Å². The lowest BCUT2D eigenvalue weighted by Crippen LogP contribution is -2.44. The third-order valence-corrected chi connectivity index (χ3v) is 2.63. The normalized spacial score (nSPS) is 15.1. The van der Waals surface area contributed by atoms with Gasteiger partial charge in [-0.05, 0) is 0 Å². The lowest BCUT2D eigenvalue weighted by atomic mass is 10.2. The van der Waals surface area contributed by atoms with E-state index >= 15 is 0 Å². The van der Waals surface area contributed by atoms with E-state index in [2.05, 4.69) is 21.0 Å². The number of halogens is 1. The van der Waals surface area contributed by atoms with Gasteiger partial charge in [-0.2, -0.15) is 5.10 Å². The second kappa shape index (κ2) is 5.15. The van der Waals surface area contributed by atoms with Crippen LogP contribution in [0.5, 0.6) is 0 Å². The van der Waals surface area contributed by atoms with Gasteiger partial charge in [0.15, 0.2) is 0 Å². The van der Waals surface area contributed by atoms with Crippen LogP contribution in [-0.2, 0) is 4.79 Å². The van der Waals surface area contributed by atoms with Crippen molar-refractivity contribution in [1.82, 2.24) is 20.4 Å². The maximum atomic E-state index is 11.4. The maximum Gasteiger partial charge on any atom is 0.327 e. The molecule has 0 unspecified atom stereocenters. The standard InChI is InChI=1S/C9H12ClN5O2/c10-3-8(16)14-9(17)13-7-1-2-12-15(7)6-4-11-5-6/h1-2,6,11H,3-5H2,(H2,13,14,16,17). The Bertz CT molecular complexity index is 429. The van der Waals surface area contributed by atoms with E-state index in [1.807, 2.05) is 0 Å². The molecule has 3 amide bonds. The number of carbonyl (C=O) groups excluding carboxylic acids is 2. The summed E-state index contributed by atoms with van der Waals surface area (Å²) in [6.07, 6.45) is 1.59. The molecule has 7 nitrogen and oxygen atoms in total. The Morgan fingerprint density at radius 3 is 2.94 bits per heavy atom. The highest BCUT2D eigenvalue weighted by Crippen LogP contribution is 2.17. The summed E-state index contributed by atoms with van der Waals surface area (Å²) in [5.74, 6) is -0.240. The molecule has 1 aliphatic rings. The predicted octanol–water partition coefficient (Wildman–Crippen LogP) is -0.0857. The topological polar surface area (TPSA) is 88.1 Å². The zero-order valence-corrected chi connectivity index (χ0v) is 9.70. The molecule has 1 aromatic rings. The van der Waals surface area contributed by atoms with E-state index in [4.69, 9.17) is 11.6 Å². The summed E-state index contributed by atoms with van der Waals surface area (Å²) in [6.45, 7) is 1.64. The molecule has 0 aliphatic carbocycles. The molecule has 1 aromatic heterocycles. The highest BCUT2D eigenvalue weighted by atomic mass is 35.5. The minimum absolute atomic E-state index is 0.240. The van der Waals surface area contributed by atoms with Crippen molar-refractivity contribution in [2.45, 2.75) is 6.04 Å². The first kappa shape index (κ1) is 11.9. The second-order valence-corrected chi connectivity index (χ2v) is 3.88. The van der Waals surface area contributed by atoms with E-state index in [0.717, 1.165) is 13.1 Å². The van der Waals surface area contributed by atoms with Crippen molar-refractivity contribution in [2.75, 3.05) is 24.3 Å². The van der Waals surface area contributed by atoms with Gasteiger partial charge in [0.2, 0.25) is 5.91 Å². The molecular weight excluding hydrogens is 246 g/mol. The third kappa shape index (κ3) is 2.75. The zero-order valence-electron chi connectivity index (χ0n) is 8.94. The number of rotatable bonds is 3. The Kier molecular flexibility index (Phi) is 3.60. The molecule has 0 atom stereocenters. The lowest BCUT2D eigenvalue weighted by Gasteiger charge is -2.28. The number of hydrogen-bond donors (Lipinski definition) is 3. The fraction of sp³-hybridized carbons (Fsp3) is 0.444. The molecular formula is C9H12ClN5O2. The Morgan fingerprint density at radius 1 is 1.59 bits per heavy atom. The quantitative estimate of drug-likeness (QED) is 0.661. The van der Waals surface area contributed by atoms with Crippen molar-refractivity contribution in [3.63, 3.8) is 0 Å². The highest BCUT2D eigenvalue weighted by Gasteiger charge is 2.22. The van der Waals surface area contributed by atoms with Crippen LogP contribution in [0.1, 0.15) is 6.04 Å². The highest BCUT2D eigenvalue weighted by molar-refractivity contribution is 6.28. The van der Waals surface area contributed by atoms with Gasteiger partial charge in [-0.15, -0.1) is 11.6 Å². The van der Waals surface area contributed by atoms with Crippen molar-refractivity contribution in [3.8, 4) is 0 Å². The molecule has 1 aliphatic heterocycles. The number of imide groups is 1. The van der Waals surface area contributed by atoms with Crippen LogP contribution in [0.25, 0.3) is 0 Å². The molecule has 0 aromatic carbocycles. The van der Waals surface area contributed by atoms with Gasteiger partial charge in [-0.25, -0.2) is 9.48 Å². The summed E-state index contributed by atoms with van der Waals surface area (Å²) < 4.78 is 1.71. The summed E-state index contributed by atoms with van der Waals surface area (Å²) in [6, 6.07) is 1.30. The number of anilines is 1. The fourth-order valence-corrected chi connectivity index (χ4v) is 1.53. The number of nitrogens with one attached hydrogen (secondary N) is 3. The van der Waals surface area contributed by atoms with E-state index < -0.39 is 11.9 Å².